The minimum Gasteiger partial charge on any atom is -0.312 e. The molecule has 0 radical (unpaired) electrons. The minimum atomic E-state index is -3.48. The van der Waals surface area contributed by atoms with Gasteiger partial charge in [0.05, 0.1) is 4.90 Å². The summed E-state index contributed by atoms with van der Waals surface area (Å²) in [5, 5.41) is 0. The monoisotopic (exact) mass is 448 g/mol. The van der Waals surface area contributed by atoms with Crippen LogP contribution in [0.3, 0.4) is 0 Å². The second kappa shape index (κ2) is 7.37. The molecule has 0 atom stereocenters. The average Bonchev–Trinajstić information content (AvgIpc) is 3.11. The Morgan fingerprint density at radius 3 is 2.41 bits per heavy atom. The van der Waals surface area contributed by atoms with Gasteiger partial charge in [-0.25, -0.2) is 8.42 Å². The van der Waals surface area contributed by atoms with Crippen molar-refractivity contribution < 1.29 is 13.2 Å². The third kappa shape index (κ3) is 3.56. The van der Waals surface area contributed by atoms with Gasteiger partial charge < -0.3 is 4.90 Å². The van der Waals surface area contributed by atoms with E-state index in [1.807, 2.05) is 17.0 Å². The van der Waals surface area contributed by atoms with E-state index in [9.17, 15) is 13.2 Å². The highest BCUT2D eigenvalue weighted by atomic mass is 79.9. The summed E-state index contributed by atoms with van der Waals surface area (Å²) in [6.07, 6.45) is 1.99. The van der Waals surface area contributed by atoms with Crippen LogP contribution in [-0.4, -0.2) is 38.3 Å². The van der Waals surface area contributed by atoms with Crippen LogP contribution in [0.15, 0.2) is 57.9 Å². The van der Waals surface area contributed by atoms with E-state index in [1.54, 1.807) is 30.3 Å². The van der Waals surface area contributed by atoms with E-state index in [2.05, 4.69) is 22.0 Å². The molecule has 4 rings (SSSR count). The fraction of sp³-hybridized carbons (Fsp3) is 0.350. The van der Waals surface area contributed by atoms with Crippen LogP contribution in [0.4, 0.5) is 5.69 Å². The van der Waals surface area contributed by atoms with Crippen LogP contribution in [0, 0.1) is 5.92 Å². The Balaban J connectivity index is 1.44. The second-order valence-corrected chi connectivity index (χ2v) is 9.86. The molecule has 0 aromatic heterocycles. The summed E-state index contributed by atoms with van der Waals surface area (Å²) in [6, 6.07) is 14.5. The molecule has 0 unspecified atom stereocenters. The molecular weight excluding hydrogens is 428 g/mol. The zero-order chi connectivity index (χ0) is 19.0. The molecule has 27 heavy (non-hydrogen) atoms. The molecule has 0 spiro atoms. The third-order valence-electron chi connectivity index (χ3n) is 5.39. The molecule has 5 nitrogen and oxygen atoms in total. The fourth-order valence-corrected chi connectivity index (χ4v) is 5.80. The number of sulfonamides is 1. The van der Waals surface area contributed by atoms with Gasteiger partial charge in [-0.15, -0.1) is 0 Å². The number of benzene rings is 2. The molecule has 1 amide bonds. The number of rotatable bonds is 3. The van der Waals surface area contributed by atoms with E-state index in [0.29, 0.717) is 37.4 Å². The molecule has 0 bridgehead atoms. The largest absolute Gasteiger partial charge is 0.312 e. The second-order valence-electron chi connectivity index (χ2n) is 7.00. The van der Waals surface area contributed by atoms with Crippen molar-refractivity contribution in [1.29, 1.82) is 0 Å². The standard InChI is InChI=1S/C20H21BrN2O3S/c21-17-6-7-19-16(14-17)10-13-23(19)20(24)15-8-11-22(12-9-15)27(25,26)18-4-2-1-3-5-18/h1-7,14-15H,8-13H2. The van der Waals surface area contributed by atoms with E-state index in [-0.39, 0.29) is 11.8 Å². The molecule has 0 N–H and O–H groups in total. The van der Waals surface area contributed by atoms with E-state index in [0.717, 1.165) is 16.6 Å². The Morgan fingerprint density at radius 1 is 1.00 bits per heavy atom. The minimum absolute atomic E-state index is 0.118. The topological polar surface area (TPSA) is 57.7 Å². The number of nitrogens with zero attached hydrogens (tertiary/aromatic N) is 2. The summed E-state index contributed by atoms with van der Waals surface area (Å²) in [4.78, 5) is 15.2. The van der Waals surface area contributed by atoms with Crippen molar-refractivity contribution in [3.05, 3.63) is 58.6 Å². The fourth-order valence-electron chi connectivity index (χ4n) is 3.90. The summed E-state index contributed by atoms with van der Waals surface area (Å²) in [5.74, 6) is -0.00495. The van der Waals surface area contributed by atoms with Crippen LogP contribution < -0.4 is 4.90 Å². The van der Waals surface area contributed by atoms with Gasteiger partial charge in [0.15, 0.2) is 0 Å². The molecule has 2 aliphatic rings. The first kappa shape index (κ1) is 18.7. The highest BCUT2D eigenvalue weighted by Crippen LogP contribution is 2.33. The van der Waals surface area contributed by atoms with Gasteiger partial charge in [-0.3, -0.25) is 4.79 Å². The number of carbonyl (C=O) groups excluding carboxylic acids is 1. The van der Waals surface area contributed by atoms with E-state index in [4.69, 9.17) is 0 Å². The normalized spacial score (nSPS) is 18.5. The molecule has 2 aliphatic heterocycles. The van der Waals surface area contributed by atoms with Crippen molar-refractivity contribution in [2.45, 2.75) is 24.2 Å². The number of amides is 1. The summed E-state index contributed by atoms with van der Waals surface area (Å²) < 4.78 is 28.0. The first-order valence-electron chi connectivity index (χ1n) is 9.12. The van der Waals surface area contributed by atoms with E-state index < -0.39 is 10.0 Å². The number of halogens is 1. The number of anilines is 1. The van der Waals surface area contributed by atoms with Crippen molar-refractivity contribution >= 4 is 37.5 Å². The van der Waals surface area contributed by atoms with Gasteiger partial charge in [-0.05, 0) is 55.2 Å². The zero-order valence-corrected chi connectivity index (χ0v) is 17.2. The number of fused-ring (bicyclic) bond motifs is 1. The van der Waals surface area contributed by atoms with Crippen molar-refractivity contribution in [3.63, 3.8) is 0 Å². The van der Waals surface area contributed by atoms with Gasteiger partial charge in [0.1, 0.15) is 0 Å². The lowest BCUT2D eigenvalue weighted by atomic mass is 9.96. The molecular formula is C20H21BrN2O3S. The van der Waals surface area contributed by atoms with Crippen LogP contribution in [0.25, 0.3) is 0 Å². The maximum absolute atomic E-state index is 13.0. The summed E-state index contributed by atoms with van der Waals surface area (Å²) in [7, 11) is -3.48. The van der Waals surface area contributed by atoms with Gasteiger partial charge in [0, 0.05) is 35.7 Å². The molecule has 2 aromatic carbocycles. The number of hydrogen-bond acceptors (Lipinski definition) is 3. The Labute approximate surface area is 168 Å². The summed E-state index contributed by atoms with van der Waals surface area (Å²) >= 11 is 3.48. The SMILES string of the molecule is O=C(C1CCN(S(=O)(=O)c2ccccc2)CC1)N1CCc2cc(Br)ccc21. The van der Waals surface area contributed by atoms with Crippen LogP contribution in [0.1, 0.15) is 18.4 Å². The van der Waals surface area contributed by atoms with Crippen molar-refractivity contribution in [2.75, 3.05) is 24.5 Å². The van der Waals surface area contributed by atoms with Gasteiger partial charge in [-0.1, -0.05) is 34.1 Å². The van der Waals surface area contributed by atoms with Crippen LogP contribution in [0.5, 0.6) is 0 Å². The van der Waals surface area contributed by atoms with Crippen LogP contribution in [0.2, 0.25) is 0 Å². The highest BCUT2D eigenvalue weighted by molar-refractivity contribution is 9.10. The quantitative estimate of drug-likeness (QED) is 0.722. The third-order valence-corrected chi connectivity index (χ3v) is 7.79. The van der Waals surface area contributed by atoms with Crippen molar-refractivity contribution in [3.8, 4) is 0 Å². The van der Waals surface area contributed by atoms with Crippen LogP contribution >= 0.6 is 15.9 Å². The molecule has 142 valence electrons. The van der Waals surface area contributed by atoms with Gasteiger partial charge in [-0.2, -0.15) is 4.31 Å². The highest BCUT2D eigenvalue weighted by Gasteiger charge is 2.35. The van der Waals surface area contributed by atoms with Crippen molar-refractivity contribution in [2.24, 2.45) is 5.92 Å². The average molecular weight is 449 g/mol. The predicted octanol–water partition coefficient (Wildman–Crippen LogP) is 3.44. The maximum Gasteiger partial charge on any atom is 0.243 e. The smallest absolute Gasteiger partial charge is 0.243 e. The Morgan fingerprint density at radius 2 is 1.70 bits per heavy atom. The first-order chi connectivity index (χ1) is 13.0. The maximum atomic E-state index is 13.0. The zero-order valence-electron chi connectivity index (χ0n) is 14.8. The Bertz CT molecular complexity index is 954. The van der Waals surface area contributed by atoms with Crippen molar-refractivity contribution in [1.82, 2.24) is 4.31 Å². The predicted molar refractivity (Wildman–Crippen MR) is 108 cm³/mol. The lowest BCUT2D eigenvalue weighted by Crippen LogP contribution is -2.44. The summed E-state index contributed by atoms with van der Waals surface area (Å²) in [6.45, 7) is 1.47. The molecule has 1 saturated heterocycles. The van der Waals surface area contributed by atoms with Crippen LogP contribution in [-0.2, 0) is 21.2 Å². The molecule has 0 aliphatic carbocycles. The Hall–Kier alpha value is -1.70. The molecule has 2 aromatic rings. The number of hydrogen-bond donors (Lipinski definition) is 0. The van der Waals surface area contributed by atoms with Gasteiger partial charge in [0.2, 0.25) is 15.9 Å². The Kier molecular flexibility index (Phi) is 5.09. The summed E-state index contributed by atoms with van der Waals surface area (Å²) in [5.41, 5.74) is 2.17. The van der Waals surface area contributed by atoms with E-state index in [1.165, 1.54) is 9.87 Å². The van der Waals surface area contributed by atoms with E-state index >= 15 is 0 Å². The van der Waals surface area contributed by atoms with Gasteiger partial charge in [0.25, 0.3) is 0 Å². The first-order valence-corrected chi connectivity index (χ1v) is 11.3. The molecule has 1 fully saturated rings. The molecule has 0 saturated carbocycles. The molecule has 2 heterocycles. The van der Waals surface area contributed by atoms with Gasteiger partial charge >= 0.3 is 0 Å². The lowest BCUT2D eigenvalue weighted by Gasteiger charge is -2.32. The number of piperidine rings is 1. The lowest BCUT2D eigenvalue weighted by molar-refractivity contribution is -0.123. The number of carbonyl (C=O) groups is 1. The molecule has 7 heteroatoms.